The Bertz CT molecular complexity index is 565. The molecule has 0 fully saturated rings. The van der Waals surface area contributed by atoms with E-state index in [1.54, 1.807) is 0 Å². The zero-order valence-electron chi connectivity index (χ0n) is 12.7. The van der Waals surface area contributed by atoms with Gasteiger partial charge >= 0.3 is 0 Å². The van der Waals surface area contributed by atoms with Crippen molar-refractivity contribution in [3.05, 3.63) is 27.6 Å². The summed E-state index contributed by atoms with van der Waals surface area (Å²) in [5.74, 6) is 1.77. The van der Waals surface area contributed by atoms with Gasteiger partial charge in [0.05, 0.1) is 11.0 Å². The molecule has 0 bridgehead atoms. The summed E-state index contributed by atoms with van der Waals surface area (Å²) in [5.41, 5.74) is 2.36. The van der Waals surface area contributed by atoms with Gasteiger partial charge in [0, 0.05) is 22.4 Å². The largest absolute Gasteiger partial charge is 0.328 e. The van der Waals surface area contributed by atoms with Gasteiger partial charge in [-0.15, -0.1) is 11.6 Å². The van der Waals surface area contributed by atoms with Crippen LogP contribution in [-0.4, -0.2) is 15.4 Å². The summed E-state index contributed by atoms with van der Waals surface area (Å²) >= 11 is 8.27. The number of unbranched alkanes of at least 4 members (excludes halogenated alkanes) is 5. The number of alkyl halides is 1. The van der Waals surface area contributed by atoms with E-state index in [2.05, 4.69) is 52.3 Å². The standard InChI is InChI=1S/C17H24ClIN2/c1-2-3-4-5-6-7-12-21-16-9-8-14(19)13-15(16)20-17(21)10-11-18/h8-9,13H,2-7,10-12H2,1H3. The zero-order valence-corrected chi connectivity index (χ0v) is 15.7. The molecule has 0 aliphatic rings. The molecule has 0 unspecified atom stereocenters. The predicted octanol–water partition coefficient (Wildman–Crippen LogP) is 5.78. The van der Waals surface area contributed by atoms with E-state index in [0.717, 1.165) is 24.3 Å². The Labute approximate surface area is 146 Å². The molecule has 0 saturated carbocycles. The van der Waals surface area contributed by atoms with Crippen LogP contribution in [0.2, 0.25) is 0 Å². The van der Waals surface area contributed by atoms with Crippen LogP contribution in [0.4, 0.5) is 0 Å². The molecule has 0 radical (unpaired) electrons. The summed E-state index contributed by atoms with van der Waals surface area (Å²) < 4.78 is 3.61. The number of benzene rings is 1. The molecule has 0 saturated heterocycles. The van der Waals surface area contributed by atoms with Crippen LogP contribution < -0.4 is 0 Å². The number of hydrogen-bond acceptors (Lipinski definition) is 1. The molecule has 0 amide bonds. The molecule has 1 aromatic heterocycles. The Balaban J connectivity index is 2.04. The summed E-state index contributed by atoms with van der Waals surface area (Å²) in [6.45, 7) is 3.33. The van der Waals surface area contributed by atoms with E-state index in [1.165, 1.54) is 47.6 Å². The second-order valence-corrected chi connectivity index (χ2v) is 7.14. The molecule has 0 aliphatic heterocycles. The first-order valence-corrected chi connectivity index (χ1v) is 9.58. The van der Waals surface area contributed by atoms with Crippen molar-refractivity contribution < 1.29 is 0 Å². The highest BCUT2D eigenvalue weighted by Gasteiger charge is 2.10. The molecular weight excluding hydrogens is 395 g/mol. The highest BCUT2D eigenvalue weighted by molar-refractivity contribution is 14.1. The Kier molecular flexibility index (Phi) is 7.30. The van der Waals surface area contributed by atoms with Crippen molar-refractivity contribution >= 4 is 45.2 Å². The number of fused-ring (bicyclic) bond motifs is 1. The van der Waals surface area contributed by atoms with Crippen molar-refractivity contribution in [2.24, 2.45) is 0 Å². The molecule has 0 N–H and O–H groups in total. The summed E-state index contributed by atoms with van der Waals surface area (Å²) in [5, 5.41) is 0. The third kappa shape index (κ3) is 4.85. The second kappa shape index (κ2) is 8.99. The van der Waals surface area contributed by atoms with Gasteiger partial charge in [-0.05, 0) is 47.2 Å². The van der Waals surface area contributed by atoms with Gasteiger partial charge in [0.2, 0.25) is 0 Å². The van der Waals surface area contributed by atoms with Crippen LogP contribution in [0.5, 0.6) is 0 Å². The van der Waals surface area contributed by atoms with Crippen LogP contribution in [0.15, 0.2) is 18.2 Å². The number of imidazole rings is 1. The summed E-state index contributed by atoms with van der Waals surface area (Å²) in [7, 11) is 0. The molecule has 2 rings (SSSR count). The van der Waals surface area contributed by atoms with E-state index in [1.807, 2.05) is 0 Å². The smallest absolute Gasteiger partial charge is 0.111 e. The maximum atomic E-state index is 5.93. The molecule has 2 aromatic rings. The summed E-state index contributed by atoms with van der Waals surface area (Å²) in [6.07, 6.45) is 8.79. The lowest BCUT2D eigenvalue weighted by atomic mass is 10.1. The van der Waals surface area contributed by atoms with Crippen LogP contribution in [0, 0.1) is 3.57 Å². The molecule has 1 aromatic carbocycles. The highest BCUT2D eigenvalue weighted by Crippen LogP contribution is 2.21. The van der Waals surface area contributed by atoms with Gasteiger partial charge < -0.3 is 4.57 Å². The summed E-state index contributed by atoms with van der Waals surface area (Å²) in [4.78, 5) is 4.77. The summed E-state index contributed by atoms with van der Waals surface area (Å²) in [6, 6.07) is 6.51. The number of hydrogen-bond donors (Lipinski definition) is 0. The maximum absolute atomic E-state index is 5.93. The van der Waals surface area contributed by atoms with Crippen molar-refractivity contribution in [3.63, 3.8) is 0 Å². The average molecular weight is 419 g/mol. The first-order chi connectivity index (χ1) is 10.3. The van der Waals surface area contributed by atoms with Gasteiger partial charge in [0.25, 0.3) is 0 Å². The number of aryl methyl sites for hydroxylation is 2. The molecule has 2 nitrogen and oxygen atoms in total. The van der Waals surface area contributed by atoms with Crippen LogP contribution in [0.3, 0.4) is 0 Å². The molecule has 0 atom stereocenters. The van der Waals surface area contributed by atoms with E-state index < -0.39 is 0 Å². The van der Waals surface area contributed by atoms with Gasteiger partial charge in [-0.3, -0.25) is 0 Å². The monoisotopic (exact) mass is 418 g/mol. The van der Waals surface area contributed by atoms with Crippen molar-refractivity contribution in [1.82, 2.24) is 9.55 Å². The average Bonchev–Trinajstić information content (AvgIpc) is 2.80. The molecule has 0 aliphatic carbocycles. The van der Waals surface area contributed by atoms with Crippen molar-refractivity contribution in [2.75, 3.05) is 5.88 Å². The van der Waals surface area contributed by atoms with Gasteiger partial charge in [-0.2, -0.15) is 0 Å². The Morgan fingerprint density at radius 3 is 2.67 bits per heavy atom. The van der Waals surface area contributed by atoms with Gasteiger partial charge in [0.1, 0.15) is 5.82 Å². The Hall–Kier alpha value is -0.290. The minimum atomic E-state index is 0.636. The topological polar surface area (TPSA) is 17.8 Å². The quantitative estimate of drug-likeness (QED) is 0.286. The third-order valence-corrected chi connectivity index (χ3v) is 4.70. The molecule has 4 heteroatoms. The third-order valence-electron chi connectivity index (χ3n) is 3.84. The second-order valence-electron chi connectivity index (χ2n) is 5.52. The fourth-order valence-electron chi connectivity index (χ4n) is 2.73. The van der Waals surface area contributed by atoms with Crippen molar-refractivity contribution in [2.45, 2.75) is 58.4 Å². The molecule has 116 valence electrons. The lowest BCUT2D eigenvalue weighted by Crippen LogP contribution is -2.05. The zero-order chi connectivity index (χ0) is 15.1. The van der Waals surface area contributed by atoms with Gasteiger partial charge in [0.15, 0.2) is 0 Å². The highest BCUT2D eigenvalue weighted by atomic mass is 127. The van der Waals surface area contributed by atoms with E-state index in [9.17, 15) is 0 Å². The molecule has 1 heterocycles. The van der Waals surface area contributed by atoms with Crippen LogP contribution in [0.25, 0.3) is 11.0 Å². The maximum Gasteiger partial charge on any atom is 0.111 e. The predicted molar refractivity (Wildman–Crippen MR) is 100 cm³/mol. The van der Waals surface area contributed by atoms with E-state index in [-0.39, 0.29) is 0 Å². The lowest BCUT2D eigenvalue weighted by Gasteiger charge is -2.08. The van der Waals surface area contributed by atoms with Crippen molar-refractivity contribution in [1.29, 1.82) is 0 Å². The SMILES string of the molecule is CCCCCCCCn1c(CCCl)nc2cc(I)ccc21. The van der Waals surface area contributed by atoms with E-state index >= 15 is 0 Å². The first-order valence-electron chi connectivity index (χ1n) is 7.97. The van der Waals surface area contributed by atoms with Crippen LogP contribution in [0.1, 0.15) is 51.3 Å². The minimum Gasteiger partial charge on any atom is -0.328 e. The van der Waals surface area contributed by atoms with Crippen LogP contribution in [-0.2, 0) is 13.0 Å². The van der Waals surface area contributed by atoms with Gasteiger partial charge in [-0.25, -0.2) is 4.98 Å². The van der Waals surface area contributed by atoms with Gasteiger partial charge in [-0.1, -0.05) is 39.0 Å². The van der Waals surface area contributed by atoms with E-state index in [4.69, 9.17) is 16.6 Å². The first kappa shape index (κ1) is 17.1. The fraction of sp³-hybridized carbons (Fsp3) is 0.588. The van der Waals surface area contributed by atoms with Crippen LogP contribution >= 0.6 is 34.2 Å². The molecular formula is C17H24ClIN2. The Morgan fingerprint density at radius 1 is 1.14 bits per heavy atom. The lowest BCUT2D eigenvalue weighted by molar-refractivity contribution is 0.554. The van der Waals surface area contributed by atoms with Crippen molar-refractivity contribution in [3.8, 4) is 0 Å². The normalized spacial score (nSPS) is 11.4. The number of halogens is 2. The number of nitrogens with zero attached hydrogens (tertiary/aromatic N) is 2. The number of aromatic nitrogens is 2. The van der Waals surface area contributed by atoms with E-state index in [0.29, 0.717) is 5.88 Å². The number of rotatable bonds is 9. The molecule has 0 spiro atoms. The molecule has 21 heavy (non-hydrogen) atoms. The minimum absolute atomic E-state index is 0.636. The Morgan fingerprint density at radius 2 is 1.90 bits per heavy atom. The fourth-order valence-corrected chi connectivity index (χ4v) is 3.37.